The van der Waals surface area contributed by atoms with Crippen LogP contribution in [0.4, 0.5) is 13.2 Å². The Morgan fingerprint density at radius 1 is 1.43 bits per heavy atom. The molecule has 0 fully saturated rings. The van der Waals surface area contributed by atoms with E-state index < -0.39 is 30.2 Å². The molecule has 114 valence electrons. The van der Waals surface area contributed by atoms with Crippen molar-refractivity contribution in [2.75, 3.05) is 0 Å². The number of aromatic nitrogens is 1. The number of aliphatic hydroxyl groups is 1. The van der Waals surface area contributed by atoms with Crippen LogP contribution in [0, 0.1) is 17.9 Å². The van der Waals surface area contributed by atoms with Crippen LogP contribution in [-0.4, -0.2) is 22.0 Å². The van der Waals surface area contributed by atoms with Gasteiger partial charge in [-0.15, -0.1) is 0 Å². The number of hydrogen-bond acceptors (Lipinski definition) is 4. The molecule has 0 aliphatic rings. The van der Waals surface area contributed by atoms with E-state index in [0.29, 0.717) is 0 Å². The maximum Gasteiger partial charge on any atom is 0.389 e. The Balaban J connectivity index is 2.92. The van der Waals surface area contributed by atoms with Crippen molar-refractivity contribution in [1.82, 2.24) is 5.16 Å². The lowest BCUT2D eigenvalue weighted by Gasteiger charge is -2.14. The highest BCUT2D eigenvalue weighted by molar-refractivity contribution is 5.23. The Bertz CT molecular complexity index is 559. The molecular formula is C13H14F3N3O2. The molecule has 0 bridgehead atoms. The summed E-state index contributed by atoms with van der Waals surface area (Å²) in [5, 5.41) is 22.4. The molecule has 8 heteroatoms. The Morgan fingerprint density at radius 2 is 2.05 bits per heavy atom. The van der Waals surface area contributed by atoms with Crippen molar-refractivity contribution >= 4 is 0 Å². The van der Waals surface area contributed by atoms with E-state index >= 15 is 0 Å². The minimum Gasteiger partial charge on any atom is -0.382 e. The van der Waals surface area contributed by atoms with E-state index in [1.54, 1.807) is 6.07 Å². The van der Waals surface area contributed by atoms with Crippen molar-refractivity contribution < 1.29 is 22.8 Å². The monoisotopic (exact) mass is 301 g/mol. The van der Waals surface area contributed by atoms with Crippen molar-refractivity contribution in [2.24, 2.45) is 0 Å². The minimum atomic E-state index is -4.44. The van der Waals surface area contributed by atoms with E-state index in [1.165, 1.54) is 19.9 Å². The Morgan fingerprint density at radius 3 is 2.43 bits per heavy atom. The van der Waals surface area contributed by atoms with Crippen molar-refractivity contribution in [3.05, 3.63) is 28.9 Å². The van der Waals surface area contributed by atoms with Gasteiger partial charge in [0.2, 0.25) is 0 Å². The third-order valence-corrected chi connectivity index (χ3v) is 2.88. The molecule has 0 amide bonds. The summed E-state index contributed by atoms with van der Waals surface area (Å²) in [5.74, 6) is 0.116. The highest BCUT2D eigenvalue weighted by Gasteiger charge is 2.43. The molecule has 21 heavy (non-hydrogen) atoms. The largest absolute Gasteiger partial charge is 0.389 e. The summed E-state index contributed by atoms with van der Waals surface area (Å²) in [7, 11) is 0. The van der Waals surface area contributed by atoms with E-state index in [4.69, 9.17) is 16.4 Å². The van der Waals surface area contributed by atoms with E-state index in [0.717, 1.165) is 0 Å². The summed E-state index contributed by atoms with van der Waals surface area (Å²) in [6, 6.07) is 2.97. The van der Waals surface area contributed by atoms with Gasteiger partial charge in [-0.2, -0.15) is 18.4 Å². The SMILES string of the molecule is [C-]#[N+]C(C#N)(CCC(F)(F)F)Cc1cc(C(C)(C)O)on1. The highest BCUT2D eigenvalue weighted by Crippen LogP contribution is 2.31. The Labute approximate surface area is 119 Å². The second-order valence-electron chi connectivity index (χ2n) is 5.29. The lowest BCUT2D eigenvalue weighted by molar-refractivity contribution is -0.136. The minimum absolute atomic E-state index is 0.116. The molecule has 0 spiro atoms. The number of alkyl halides is 3. The van der Waals surface area contributed by atoms with Crippen LogP contribution in [0.3, 0.4) is 0 Å². The van der Waals surface area contributed by atoms with Crippen LogP contribution >= 0.6 is 0 Å². The molecule has 0 aliphatic carbocycles. The first-order valence-electron chi connectivity index (χ1n) is 6.06. The van der Waals surface area contributed by atoms with E-state index in [-0.39, 0.29) is 17.9 Å². The van der Waals surface area contributed by atoms with Crippen molar-refractivity contribution in [3.63, 3.8) is 0 Å². The van der Waals surface area contributed by atoms with Gasteiger partial charge in [0.05, 0.1) is 18.5 Å². The molecule has 0 radical (unpaired) electrons. The van der Waals surface area contributed by atoms with Gasteiger partial charge in [0.1, 0.15) is 5.60 Å². The van der Waals surface area contributed by atoms with Gasteiger partial charge in [-0.25, -0.2) is 6.57 Å². The maximum absolute atomic E-state index is 12.3. The third-order valence-electron chi connectivity index (χ3n) is 2.88. The zero-order valence-corrected chi connectivity index (χ0v) is 11.5. The number of rotatable bonds is 5. The summed E-state index contributed by atoms with van der Waals surface area (Å²) >= 11 is 0. The van der Waals surface area contributed by atoms with E-state index in [1.807, 2.05) is 0 Å². The van der Waals surface area contributed by atoms with Crippen LogP contribution in [0.1, 0.15) is 38.1 Å². The van der Waals surface area contributed by atoms with E-state index in [9.17, 15) is 18.3 Å². The molecule has 0 aromatic carbocycles. The first-order valence-corrected chi connectivity index (χ1v) is 6.06. The van der Waals surface area contributed by atoms with Gasteiger partial charge in [0, 0.05) is 12.5 Å². The zero-order valence-electron chi connectivity index (χ0n) is 11.5. The lowest BCUT2D eigenvalue weighted by atomic mass is 9.90. The highest BCUT2D eigenvalue weighted by atomic mass is 19.4. The van der Waals surface area contributed by atoms with Gasteiger partial charge in [-0.05, 0) is 13.8 Å². The summed E-state index contributed by atoms with van der Waals surface area (Å²) in [5.41, 5.74) is -2.99. The quantitative estimate of drug-likeness (QED) is 0.848. The van der Waals surface area contributed by atoms with Crippen molar-refractivity contribution in [1.29, 1.82) is 5.26 Å². The molecule has 0 saturated heterocycles. The molecule has 5 nitrogen and oxygen atoms in total. The van der Waals surface area contributed by atoms with Gasteiger partial charge in [0.15, 0.2) is 11.8 Å². The first kappa shape index (κ1) is 17.0. The Kier molecular flexibility index (Phi) is 4.65. The molecule has 1 N–H and O–H groups in total. The van der Waals surface area contributed by atoms with Crippen LogP contribution in [0.15, 0.2) is 10.6 Å². The van der Waals surface area contributed by atoms with Crippen LogP contribution in [0.5, 0.6) is 0 Å². The second-order valence-corrected chi connectivity index (χ2v) is 5.29. The molecular weight excluding hydrogens is 287 g/mol. The molecule has 1 aromatic rings. The zero-order chi connectivity index (χ0) is 16.3. The average molecular weight is 301 g/mol. The van der Waals surface area contributed by atoms with E-state index in [2.05, 4.69) is 10.0 Å². The molecule has 1 atom stereocenters. The fourth-order valence-corrected chi connectivity index (χ4v) is 1.64. The lowest BCUT2D eigenvalue weighted by Crippen LogP contribution is -2.28. The van der Waals surface area contributed by atoms with Gasteiger partial charge in [-0.1, -0.05) is 5.16 Å². The summed E-state index contributed by atoms with van der Waals surface area (Å²) in [6.45, 7) is 9.93. The van der Waals surface area contributed by atoms with Crippen molar-refractivity contribution in [2.45, 2.75) is 50.4 Å². The van der Waals surface area contributed by atoms with Gasteiger partial charge < -0.3 is 9.63 Å². The topological polar surface area (TPSA) is 74.4 Å². The fraction of sp³-hybridized carbons (Fsp3) is 0.615. The third kappa shape index (κ3) is 4.76. The number of hydrogen-bond donors (Lipinski definition) is 1. The standard InChI is InChI=1S/C13H14F3N3O2/c1-11(2,20)10-6-9(19-21-10)7-12(8-17,18-3)4-5-13(14,15)16/h6,20H,4-5,7H2,1-2H3. The van der Waals surface area contributed by atoms with Crippen LogP contribution < -0.4 is 0 Å². The smallest absolute Gasteiger partial charge is 0.382 e. The molecule has 0 aliphatic heterocycles. The Hall–Kier alpha value is -2.06. The van der Waals surface area contributed by atoms with Crippen LogP contribution in [0.25, 0.3) is 4.85 Å². The van der Waals surface area contributed by atoms with Crippen molar-refractivity contribution in [3.8, 4) is 6.07 Å². The molecule has 1 heterocycles. The van der Waals surface area contributed by atoms with Gasteiger partial charge in [-0.3, -0.25) is 4.85 Å². The van der Waals surface area contributed by atoms with Crippen LogP contribution in [0.2, 0.25) is 0 Å². The summed E-state index contributed by atoms with van der Waals surface area (Å²) in [4.78, 5) is 3.05. The molecule has 1 aromatic heterocycles. The predicted octanol–water partition coefficient (Wildman–Crippen LogP) is 2.97. The molecule has 1 unspecified atom stereocenters. The van der Waals surface area contributed by atoms with Gasteiger partial charge >= 0.3 is 11.7 Å². The number of halogens is 3. The molecule has 1 rings (SSSR count). The average Bonchev–Trinajstić information content (AvgIpc) is 2.82. The summed E-state index contributed by atoms with van der Waals surface area (Å²) < 4.78 is 41.7. The van der Waals surface area contributed by atoms with Crippen LogP contribution in [-0.2, 0) is 12.0 Å². The number of nitrogens with zero attached hydrogens (tertiary/aromatic N) is 3. The second kappa shape index (κ2) is 5.74. The molecule has 0 saturated carbocycles. The summed E-state index contributed by atoms with van der Waals surface area (Å²) in [6.07, 6.45) is -6.59. The normalized spacial score (nSPS) is 15.0. The maximum atomic E-state index is 12.3. The fourth-order valence-electron chi connectivity index (χ4n) is 1.64. The van der Waals surface area contributed by atoms with Gasteiger partial charge in [0.25, 0.3) is 0 Å². The predicted molar refractivity (Wildman–Crippen MR) is 65.7 cm³/mol. The number of nitriles is 1. The first-order chi connectivity index (χ1) is 9.51.